The van der Waals surface area contributed by atoms with Crippen molar-refractivity contribution in [3.63, 3.8) is 0 Å². The van der Waals surface area contributed by atoms with E-state index >= 15 is 0 Å². The molecule has 1 saturated heterocycles. The number of phosphoric acid groups is 1. The normalized spacial score (nSPS) is 16.8. The minimum atomic E-state index is -4.80. The minimum Gasteiger partial charge on any atom is -0.481 e. The van der Waals surface area contributed by atoms with Crippen molar-refractivity contribution in [1.29, 1.82) is 0 Å². The van der Waals surface area contributed by atoms with Crippen molar-refractivity contribution in [2.45, 2.75) is 340 Å². The number of phosphoric ester groups is 1. The quantitative estimate of drug-likeness (QED) is 0.00731. The van der Waals surface area contributed by atoms with Crippen LogP contribution in [0.15, 0.2) is 44.9 Å². The molecule has 3 rings (SSSR count). The summed E-state index contributed by atoms with van der Waals surface area (Å²) in [5, 5.41) is 31.0. The number of benzene rings is 1. The van der Waals surface area contributed by atoms with Crippen molar-refractivity contribution in [1.82, 2.24) is 31.9 Å². The molecule has 2 aromatic carbocycles. The van der Waals surface area contributed by atoms with Gasteiger partial charge >= 0.3 is 25.7 Å². The fourth-order valence-corrected chi connectivity index (χ4v) is 13.6. The summed E-state index contributed by atoms with van der Waals surface area (Å²) in [7, 11) is -4.80. The summed E-state index contributed by atoms with van der Waals surface area (Å²) in [6.45, 7) is 8.77. The highest BCUT2D eigenvalue weighted by molar-refractivity contribution is 7.47. The molecule has 2 aromatic rings. The van der Waals surface area contributed by atoms with Gasteiger partial charge in [-0.05, 0) is 84.6 Å². The van der Waals surface area contributed by atoms with E-state index in [-0.39, 0.29) is 108 Å². The first-order valence-electron chi connectivity index (χ1n) is 41.6. The van der Waals surface area contributed by atoms with Gasteiger partial charge in [0, 0.05) is 44.4 Å². The molecule has 31 heteroatoms. The average molecular weight is 1600 g/mol. The topological polar surface area (TPSA) is 452 Å². The Kier molecular flexibility index (Phi) is 50.6. The maximum atomic E-state index is 14.3. The van der Waals surface area contributed by atoms with Gasteiger partial charge in [0.2, 0.25) is 29.5 Å². The Morgan fingerprint density at radius 3 is 1.58 bits per heavy atom. The zero-order valence-corrected chi connectivity index (χ0v) is 69.0. The van der Waals surface area contributed by atoms with E-state index in [4.69, 9.17) is 34.7 Å². The maximum absolute atomic E-state index is 14.3. The van der Waals surface area contributed by atoms with Crippen molar-refractivity contribution in [3.05, 3.63) is 56.3 Å². The Bertz CT molecular complexity index is 3240. The van der Waals surface area contributed by atoms with E-state index in [0.29, 0.717) is 18.4 Å². The molecule has 636 valence electrons. The predicted octanol–water partition coefficient (Wildman–Crippen LogP) is 10.3. The van der Waals surface area contributed by atoms with Crippen molar-refractivity contribution < 1.29 is 81.0 Å². The van der Waals surface area contributed by atoms with Gasteiger partial charge in [-0.2, -0.15) is 0 Å². The molecule has 1 aliphatic heterocycles. The number of aliphatic carboxylic acids is 1. The Balaban J connectivity index is 1.53. The van der Waals surface area contributed by atoms with Crippen molar-refractivity contribution in [2.75, 3.05) is 63.2 Å². The number of carboxylic acid groups (broad SMARTS) is 1. The summed E-state index contributed by atoms with van der Waals surface area (Å²) in [4.78, 5) is 161. The maximum Gasteiger partial charge on any atom is 0.472 e. The van der Waals surface area contributed by atoms with Crippen LogP contribution in [0, 0.1) is 0 Å². The molecule has 0 aromatic heterocycles. The lowest BCUT2D eigenvalue weighted by atomic mass is 9.99. The number of carbonyl (C=O) groups excluding carboxylic acids is 8. The monoisotopic (exact) mass is 1600 g/mol. The lowest BCUT2D eigenvalue weighted by molar-refractivity contribution is -0.161. The van der Waals surface area contributed by atoms with Crippen LogP contribution >= 0.6 is 7.82 Å². The molecule has 1 fully saturated rings. The summed E-state index contributed by atoms with van der Waals surface area (Å²) >= 11 is 0. The van der Waals surface area contributed by atoms with Gasteiger partial charge in [0.25, 0.3) is 16.8 Å². The number of amides is 6. The van der Waals surface area contributed by atoms with Crippen LogP contribution in [-0.4, -0.2) is 163 Å². The second kappa shape index (κ2) is 57.5. The molecule has 6 unspecified atom stereocenters. The number of carbonyl (C=O) groups is 9. The molecule has 0 radical (unpaired) electrons. The van der Waals surface area contributed by atoms with E-state index in [1.807, 2.05) is 0 Å². The SMILES string of the molecule is CCCCCCCCCCCCCCCCCC(=O)OCC(COP(=O)(O)OCCNC(=O)C(C)(C)OCCC(C)(C)Nc1c(NCCCCC2NC(=O)C(Cc3ccccc3)NC(=O)C(CC(=O)O)NC(=O)CNC(=O)C(CCCN=C(N)N)NC2=O)c(=O)c1=O)OC(=O)CCCCCCCCCCCCCCCCC. The molecule has 30 nitrogen and oxygen atoms in total. The summed E-state index contributed by atoms with van der Waals surface area (Å²) < 4.78 is 40.7. The standard InChI is InChI=1S/C81H138N11O19P/c1-7-9-11-13-15-17-19-21-23-25-27-29-31-33-38-47-68(96)107-58-61(111-69(97)48-39-34-32-30-28-26-24-22-20-18-16-14-12-10-8-2)59-110-112(105,106)109-54-52-85-78(104)81(5,6)108-53-49-80(3,4)92-71-70(72(98)73(71)99)84-50-41-40-45-63-75(101)89-62(46-42-51-86-79(82)83)74(100)87-57-66(93)88-65(56-67(94)95)77(103)91-64(76(102)90-63)55-60-43-36-35-37-44-60/h35-37,43-44,61-65,84,92H,7-34,38-42,45-59H2,1-6H3,(H,85,104)(H,87,100)(H,88,93)(H,89,101)(H,90,102)(H,91,103)(H,94,95)(H,105,106)(H4,82,83,86). The van der Waals surface area contributed by atoms with E-state index in [9.17, 15) is 67.3 Å². The van der Waals surface area contributed by atoms with Gasteiger partial charge in [-0.3, -0.25) is 66.8 Å². The van der Waals surface area contributed by atoms with Crippen LogP contribution in [0.5, 0.6) is 0 Å². The molecular formula is C81H138N11O19P. The number of unbranched alkanes of at least 4 members (excludes halogenated alkanes) is 29. The van der Waals surface area contributed by atoms with E-state index in [0.717, 1.165) is 44.9 Å². The fraction of sp³-hybridized carbons (Fsp3) is 0.753. The number of guanidine groups is 1. The number of hydrogen-bond acceptors (Lipinski definition) is 20. The number of nitrogens with zero attached hydrogens (tertiary/aromatic N) is 1. The minimum absolute atomic E-state index is 0.00680. The third kappa shape index (κ3) is 45.4. The third-order valence-corrected chi connectivity index (χ3v) is 20.7. The number of carboxylic acids is 1. The second-order valence-corrected chi connectivity index (χ2v) is 32.2. The summed E-state index contributed by atoms with van der Waals surface area (Å²) in [6, 6.07) is 2.84. The third-order valence-electron chi connectivity index (χ3n) is 19.7. The lowest BCUT2D eigenvalue weighted by Crippen LogP contribution is -2.58. The predicted molar refractivity (Wildman–Crippen MR) is 434 cm³/mol. The number of anilines is 2. The van der Waals surface area contributed by atoms with Gasteiger partial charge in [0.1, 0.15) is 47.8 Å². The fourth-order valence-electron chi connectivity index (χ4n) is 12.9. The van der Waals surface area contributed by atoms with Crippen molar-refractivity contribution >= 4 is 78.5 Å². The van der Waals surface area contributed by atoms with Crippen LogP contribution in [0.25, 0.3) is 0 Å². The van der Waals surface area contributed by atoms with Gasteiger partial charge in [-0.15, -0.1) is 0 Å². The molecule has 0 saturated carbocycles. The van der Waals surface area contributed by atoms with Crippen molar-refractivity contribution in [3.8, 4) is 0 Å². The summed E-state index contributed by atoms with van der Waals surface area (Å²) in [6.07, 6.45) is 34.3. The molecule has 112 heavy (non-hydrogen) atoms. The molecule has 0 bridgehead atoms. The van der Waals surface area contributed by atoms with E-state index in [1.54, 1.807) is 44.2 Å². The summed E-state index contributed by atoms with van der Waals surface area (Å²) in [5.41, 5.74) is 7.68. The molecule has 6 amide bonds. The van der Waals surface area contributed by atoms with Crippen LogP contribution in [0.1, 0.15) is 298 Å². The first kappa shape index (κ1) is 98.7. The van der Waals surface area contributed by atoms with Gasteiger partial charge in [-0.1, -0.05) is 224 Å². The zero-order chi connectivity index (χ0) is 82.4. The highest BCUT2D eigenvalue weighted by atomic mass is 31.2. The Labute approximate surface area is 664 Å². The number of hydrogen-bond donors (Lipinski definition) is 12. The van der Waals surface area contributed by atoms with Gasteiger partial charge in [-0.25, -0.2) is 4.57 Å². The number of ether oxygens (including phenoxy) is 3. The number of nitrogens with two attached hydrogens (primary N) is 2. The highest BCUT2D eigenvalue weighted by Crippen LogP contribution is 2.43. The second-order valence-electron chi connectivity index (χ2n) is 30.8. The molecule has 0 aliphatic carbocycles. The number of aliphatic imine (C=N–C) groups is 1. The first-order valence-corrected chi connectivity index (χ1v) is 43.1. The number of rotatable bonds is 63. The molecule has 14 N–H and O–H groups in total. The molecule has 1 heterocycles. The van der Waals surface area contributed by atoms with E-state index < -0.39 is 140 Å². The van der Waals surface area contributed by atoms with Crippen LogP contribution in [0.2, 0.25) is 0 Å². The van der Waals surface area contributed by atoms with Crippen LogP contribution in [0.4, 0.5) is 11.4 Å². The van der Waals surface area contributed by atoms with Gasteiger partial charge in [0.15, 0.2) is 12.1 Å². The number of nitrogens with one attached hydrogen (secondary N) is 8. The Morgan fingerprint density at radius 2 is 1.04 bits per heavy atom. The Hall–Kier alpha value is -7.53. The van der Waals surface area contributed by atoms with E-state index in [2.05, 4.69) is 61.4 Å². The molecule has 0 spiro atoms. The number of esters is 2. The lowest BCUT2D eigenvalue weighted by Gasteiger charge is -2.31. The van der Waals surface area contributed by atoms with Gasteiger partial charge < -0.3 is 78.2 Å². The first-order chi connectivity index (χ1) is 53.6. The Morgan fingerprint density at radius 1 is 0.562 bits per heavy atom. The summed E-state index contributed by atoms with van der Waals surface area (Å²) in [5.74, 6) is -7.66. The van der Waals surface area contributed by atoms with Crippen LogP contribution in [-0.2, 0) is 77.4 Å². The average Bonchev–Trinajstić information content (AvgIpc) is 0.778. The van der Waals surface area contributed by atoms with Crippen molar-refractivity contribution in [2.24, 2.45) is 16.5 Å². The molecule has 6 atom stereocenters. The molecular weight excluding hydrogens is 1460 g/mol. The largest absolute Gasteiger partial charge is 0.481 e. The molecule has 1 aliphatic rings. The van der Waals surface area contributed by atoms with E-state index in [1.165, 1.54) is 149 Å². The zero-order valence-electron chi connectivity index (χ0n) is 68.1. The van der Waals surface area contributed by atoms with Crippen LogP contribution < -0.4 is 64.9 Å². The van der Waals surface area contributed by atoms with Gasteiger partial charge in [0.05, 0.1) is 32.8 Å². The smallest absolute Gasteiger partial charge is 0.472 e. The van der Waals surface area contributed by atoms with Crippen LogP contribution in [0.3, 0.4) is 0 Å². The highest BCUT2D eigenvalue weighted by Gasteiger charge is 2.36.